The topological polar surface area (TPSA) is 30.2 Å². The largest absolute Gasteiger partial charge is 0.221 e. The molecule has 0 amide bonds. The van der Waals surface area contributed by atoms with E-state index in [9.17, 15) is 4.39 Å². The second-order valence-corrected chi connectivity index (χ2v) is 3.94. The Kier molecular flexibility index (Phi) is 2.30. The Morgan fingerprint density at radius 3 is 2.76 bits per heavy atom. The molecule has 1 aromatic carbocycles. The van der Waals surface area contributed by atoms with Crippen LogP contribution in [-0.4, -0.2) is 14.6 Å². The maximum Gasteiger partial charge on any atom is 0.186 e. The van der Waals surface area contributed by atoms with Crippen LogP contribution in [0, 0.1) is 5.82 Å². The predicted octanol–water partition coefficient (Wildman–Crippen LogP) is 3.19. The Morgan fingerprint density at radius 1 is 1.12 bits per heavy atom. The summed E-state index contributed by atoms with van der Waals surface area (Å²) in [4.78, 5) is 4.23. The summed E-state index contributed by atoms with van der Waals surface area (Å²) in [6.07, 6.45) is 1.75. The summed E-state index contributed by atoms with van der Waals surface area (Å²) in [7, 11) is 0. The van der Waals surface area contributed by atoms with Crippen LogP contribution in [0.15, 0.2) is 42.6 Å². The number of pyridine rings is 1. The molecule has 0 aliphatic carbocycles. The van der Waals surface area contributed by atoms with Gasteiger partial charge < -0.3 is 0 Å². The summed E-state index contributed by atoms with van der Waals surface area (Å²) in [5, 5.41) is 4.49. The van der Waals surface area contributed by atoms with Gasteiger partial charge in [-0.2, -0.15) is 0 Å². The van der Waals surface area contributed by atoms with Crippen LogP contribution in [0.5, 0.6) is 0 Å². The summed E-state index contributed by atoms with van der Waals surface area (Å²) in [6, 6.07) is 9.98. The number of benzene rings is 1. The van der Waals surface area contributed by atoms with E-state index >= 15 is 0 Å². The van der Waals surface area contributed by atoms with Crippen LogP contribution < -0.4 is 0 Å². The van der Waals surface area contributed by atoms with Crippen molar-refractivity contribution in [1.29, 1.82) is 0 Å². The van der Waals surface area contributed by atoms with Crippen molar-refractivity contribution >= 4 is 17.2 Å². The van der Waals surface area contributed by atoms with Crippen LogP contribution in [0.4, 0.5) is 4.39 Å². The van der Waals surface area contributed by atoms with Gasteiger partial charge in [0.1, 0.15) is 5.82 Å². The van der Waals surface area contributed by atoms with Crippen LogP contribution >= 0.6 is 11.6 Å². The third kappa shape index (κ3) is 1.66. The Hall–Kier alpha value is -1.94. The minimum atomic E-state index is -0.423. The molecule has 3 rings (SSSR count). The van der Waals surface area contributed by atoms with E-state index in [1.807, 2.05) is 12.1 Å². The van der Waals surface area contributed by atoms with Gasteiger partial charge in [0.25, 0.3) is 0 Å². The van der Waals surface area contributed by atoms with Crippen molar-refractivity contribution in [3.63, 3.8) is 0 Å². The first-order chi connectivity index (χ1) is 8.25. The van der Waals surface area contributed by atoms with Crippen LogP contribution in [0.2, 0.25) is 5.02 Å². The zero-order valence-electron chi connectivity index (χ0n) is 8.64. The van der Waals surface area contributed by atoms with Crippen molar-refractivity contribution in [1.82, 2.24) is 14.6 Å². The summed E-state index contributed by atoms with van der Waals surface area (Å²) in [5.74, 6) is -0.132. The third-order valence-electron chi connectivity index (χ3n) is 2.43. The van der Waals surface area contributed by atoms with Crippen molar-refractivity contribution in [3.05, 3.63) is 53.4 Å². The van der Waals surface area contributed by atoms with E-state index in [1.165, 1.54) is 6.07 Å². The highest BCUT2D eigenvalue weighted by atomic mass is 35.5. The van der Waals surface area contributed by atoms with Crippen LogP contribution in [0.25, 0.3) is 17.0 Å². The number of rotatable bonds is 1. The van der Waals surface area contributed by atoms with Gasteiger partial charge in [0.2, 0.25) is 0 Å². The fraction of sp³-hybridized carbons (Fsp3) is 0. The van der Waals surface area contributed by atoms with Gasteiger partial charge in [-0.3, -0.25) is 0 Å². The lowest BCUT2D eigenvalue weighted by atomic mass is 10.2. The van der Waals surface area contributed by atoms with Crippen molar-refractivity contribution in [2.24, 2.45) is 0 Å². The van der Waals surface area contributed by atoms with Gasteiger partial charge in [-0.05, 0) is 24.3 Å². The molecule has 3 nitrogen and oxygen atoms in total. The summed E-state index contributed by atoms with van der Waals surface area (Å²) in [6.45, 7) is 0. The lowest BCUT2D eigenvalue weighted by molar-refractivity contribution is 0.630. The van der Waals surface area contributed by atoms with E-state index in [1.54, 1.807) is 28.9 Å². The highest BCUT2D eigenvalue weighted by Gasteiger charge is 2.14. The van der Waals surface area contributed by atoms with E-state index in [-0.39, 0.29) is 5.56 Å². The molecule has 0 spiro atoms. The average molecular weight is 248 g/mol. The first kappa shape index (κ1) is 10.2. The van der Waals surface area contributed by atoms with Gasteiger partial charge in [0, 0.05) is 6.20 Å². The SMILES string of the molecule is Fc1cccc(Cl)c1-c1nc2ccccn2n1. The van der Waals surface area contributed by atoms with Crippen molar-refractivity contribution in [3.8, 4) is 11.4 Å². The zero-order chi connectivity index (χ0) is 11.8. The molecule has 0 unspecified atom stereocenters. The molecule has 3 aromatic rings. The highest BCUT2D eigenvalue weighted by molar-refractivity contribution is 6.33. The molecule has 2 aromatic heterocycles. The van der Waals surface area contributed by atoms with Crippen LogP contribution in [0.1, 0.15) is 0 Å². The summed E-state index contributed by atoms with van der Waals surface area (Å²) >= 11 is 5.96. The van der Waals surface area contributed by atoms with E-state index in [4.69, 9.17) is 11.6 Å². The van der Waals surface area contributed by atoms with Crippen molar-refractivity contribution in [2.75, 3.05) is 0 Å². The van der Waals surface area contributed by atoms with Crippen molar-refractivity contribution in [2.45, 2.75) is 0 Å². The zero-order valence-corrected chi connectivity index (χ0v) is 9.39. The molecule has 0 bridgehead atoms. The van der Waals surface area contributed by atoms with E-state index in [2.05, 4.69) is 10.1 Å². The standard InChI is InChI=1S/C12H7ClFN3/c13-8-4-3-5-9(14)11(8)12-15-10-6-1-2-7-17(10)16-12/h1-7H. The van der Waals surface area contributed by atoms with E-state index in [0.717, 1.165) is 0 Å². The van der Waals surface area contributed by atoms with Gasteiger partial charge in [-0.25, -0.2) is 13.9 Å². The van der Waals surface area contributed by atoms with Gasteiger partial charge in [-0.1, -0.05) is 23.7 Å². The molecule has 0 atom stereocenters. The molecule has 0 radical (unpaired) electrons. The molecular formula is C12H7ClFN3. The third-order valence-corrected chi connectivity index (χ3v) is 2.74. The lowest BCUT2D eigenvalue weighted by Crippen LogP contribution is -1.89. The number of hydrogen-bond donors (Lipinski definition) is 0. The van der Waals surface area contributed by atoms with Gasteiger partial charge >= 0.3 is 0 Å². The maximum absolute atomic E-state index is 13.7. The molecular weight excluding hydrogens is 241 g/mol. The van der Waals surface area contributed by atoms with Crippen LogP contribution in [0.3, 0.4) is 0 Å². The number of halogens is 2. The summed E-state index contributed by atoms with van der Waals surface area (Å²) in [5.41, 5.74) is 0.889. The molecule has 0 aliphatic rings. The second kappa shape index (κ2) is 3.82. The molecule has 0 aliphatic heterocycles. The first-order valence-corrected chi connectivity index (χ1v) is 5.39. The maximum atomic E-state index is 13.7. The Bertz CT molecular complexity index is 640. The minimum absolute atomic E-state index is 0.234. The lowest BCUT2D eigenvalue weighted by Gasteiger charge is -1.99. The van der Waals surface area contributed by atoms with Crippen molar-refractivity contribution < 1.29 is 4.39 Å². The fourth-order valence-corrected chi connectivity index (χ4v) is 1.90. The first-order valence-electron chi connectivity index (χ1n) is 5.01. The van der Waals surface area contributed by atoms with Gasteiger partial charge in [-0.15, -0.1) is 5.10 Å². The Balaban J connectivity index is 2.27. The Morgan fingerprint density at radius 2 is 2.00 bits per heavy atom. The number of fused-ring (bicyclic) bond motifs is 1. The normalized spacial score (nSPS) is 10.9. The number of aromatic nitrogens is 3. The van der Waals surface area contributed by atoms with E-state index < -0.39 is 5.82 Å². The molecule has 0 fully saturated rings. The Labute approximate surface area is 101 Å². The second-order valence-electron chi connectivity index (χ2n) is 3.54. The molecule has 5 heteroatoms. The fourth-order valence-electron chi connectivity index (χ4n) is 1.65. The number of nitrogens with zero attached hydrogens (tertiary/aromatic N) is 3. The molecule has 0 saturated heterocycles. The number of hydrogen-bond acceptors (Lipinski definition) is 2. The summed E-state index contributed by atoms with van der Waals surface area (Å²) < 4.78 is 15.3. The predicted molar refractivity (Wildman–Crippen MR) is 63.4 cm³/mol. The minimum Gasteiger partial charge on any atom is -0.221 e. The smallest absolute Gasteiger partial charge is 0.186 e. The van der Waals surface area contributed by atoms with Gasteiger partial charge in [0.15, 0.2) is 11.5 Å². The molecule has 2 heterocycles. The molecule has 0 N–H and O–H groups in total. The van der Waals surface area contributed by atoms with Crippen LogP contribution in [-0.2, 0) is 0 Å². The average Bonchev–Trinajstić information content (AvgIpc) is 2.71. The molecule has 0 saturated carbocycles. The quantitative estimate of drug-likeness (QED) is 0.661. The molecule has 17 heavy (non-hydrogen) atoms. The highest BCUT2D eigenvalue weighted by Crippen LogP contribution is 2.28. The molecule has 84 valence electrons. The van der Waals surface area contributed by atoms with Gasteiger partial charge in [0.05, 0.1) is 10.6 Å². The van der Waals surface area contributed by atoms with E-state index in [0.29, 0.717) is 16.5 Å². The monoisotopic (exact) mass is 247 g/mol.